The number of aromatic nitrogens is 3. The summed E-state index contributed by atoms with van der Waals surface area (Å²) in [5.74, 6) is -0.834. The van der Waals surface area contributed by atoms with Crippen LogP contribution in [0.2, 0.25) is 0 Å². The van der Waals surface area contributed by atoms with Crippen LogP contribution in [0.1, 0.15) is 82.2 Å². The lowest BCUT2D eigenvalue weighted by atomic mass is 9.75. The van der Waals surface area contributed by atoms with Crippen molar-refractivity contribution in [3.63, 3.8) is 0 Å². The molecule has 2 unspecified atom stereocenters. The molecule has 6 rings (SSSR count). The third kappa shape index (κ3) is 7.49. The molecule has 3 aromatic carbocycles. The van der Waals surface area contributed by atoms with Crippen molar-refractivity contribution in [3.8, 4) is 22.9 Å². The standard InChI is InChI=1S/C40H45F2N5O4/c1-6-49-36(48)17-24(2)25-9-7-10-26(18-25)40(5)14-8-16-50-39(3,4)34(43)22-44-21-30-28-13-15-45-33(28)20-32(42)37(30)51-27-11-12-31(41)29(19-27)38-46-23-35(40)47-38/h7,9-13,15,18-20,22-24,44-45H,6,8,14,16-17,21,43H2,1-5H3,(H,46,47)/b34-22-. The molecule has 2 aromatic heterocycles. The fourth-order valence-corrected chi connectivity index (χ4v) is 6.60. The summed E-state index contributed by atoms with van der Waals surface area (Å²) in [6.45, 7) is 10.7. The first-order valence-electron chi connectivity index (χ1n) is 17.3. The van der Waals surface area contributed by atoms with Crippen molar-refractivity contribution in [2.24, 2.45) is 5.73 Å². The molecular weight excluding hydrogens is 652 g/mol. The molecule has 1 aliphatic heterocycles. The van der Waals surface area contributed by atoms with E-state index in [1.807, 2.05) is 39.0 Å². The molecule has 0 saturated carbocycles. The third-order valence-electron chi connectivity index (χ3n) is 9.84. The summed E-state index contributed by atoms with van der Waals surface area (Å²) in [4.78, 5) is 23.4. The number of rotatable bonds is 5. The van der Waals surface area contributed by atoms with Gasteiger partial charge in [0.25, 0.3) is 0 Å². The molecule has 0 aliphatic carbocycles. The molecule has 51 heavy (non-hydrogen) atoms. The van der Waals surface area contributed by atoms with Crippen molar-refractivity contribution in [1.82, 2.24) is 20.3 Å². The summed E-state index contributed by atoms with van der Waals surface area (Å²) < 4.78 is 48.9. The number of H-pyrrole nitrogens is 2. The molecule has 268 valence electrons. The summed E-state index contributed by atoms with van der Waals surface area (Å²) in [6, 6.07) is 15.7. The Morgan fingerprint density at radius 3 is 2.73 bits per heavy atom. The first-order valence-corrected chi connectivity index (χ1v) is 17.3. The van der Waals surface area contributed by atoms with Crippen molar-refractivity contribution < 1.29 is 27.8 Å². The van der Waals surface area contributed by atoms with E-state index in [0.29, 0.717) is 48.7 Å². The van der Waals surface area contributed by atoms with E-state index in [9.17, 15) is 4.79 Å². The summed E-state index contributed by atoms with van der Waals surface area (Å²) in [5, 5.41) is 3.99. The highest BCUT2D eigenvalue weighted by Gasteiger charge is 2.33. The van der Waals surface area contributed by atoms with Crippen molar-refractivity contribution in [1.29, 1.82) is 0 Å². The minimum atomic E-state index is -0.808. The lowest BCUT2D eigenvalue weighted by Gasteiger charge is -2.31. The van der Waals surface area contributed by atoms with Crippen LogP contribution in [0.5, 0.6) is 11.5 Å². The van der Waals surface area contributed by atoms with Gasteiger partial charge in [-0.2, -0.15) is 0 Å². The molecule has 9 nitrogen and oxygen atoms in total. The number of nitrogens with two attached hydrogens (primary N) is 1. The summed E-state index contributed by atoms with van der Waals surface area (Å²) >= 11 is 0. The highest BCUT2D eigenvalue weighted by molar-refractivity contribution is 5.85. The number of hydrogen-bond donors (Lipinski definition) is 4. The van der Waals surface area contributed by atoms with Gasteiger partial charge in [0.05, 0.1) is 24.3 Å². The molecule has 3 heterocycles. The van der Waals surface area contributed by atoms with Crippen molar-refractivity contribution in [2.45, 2.75) is 77.4 Å². The number of fused-ring (bicyclic) bond motifs is 8. The van der Waals surface area contributed by atoms with Gasteiger partial charge in [0.1, 0.15) is 23.0 Å². The number of imidazole rings is 1. The SMILES string of the molecule is CCOC(=O)CC(C)c1cccc(C2(C)CCCOC(C)(C)/C(N)=C/NCc3c(c(F)cc4[nH]ccc34)Oc3ccc(F)c(c3)-c3ncc2[nH]3)c1. The van der Waals surface area contributed by atoms with E-state index in [-0.39, 0.29) is 41.9 Å². The first kappa shape index (κ1) is 35.7. The van der Waals surface area contributed by atoms with Gasteiger partial charge in [-0.05, 0) is 81.8 Å². The van der Waals surface area contributed by atoms with Crippen LogP contribution >= 0.6 is 0 Å². The number of esters is 1. The van der Waals surface area contributed by atoms with E-state index in [2.05, 4.69) is 39.3 Å². The second-order valence-corrected chi connectivity index (χ2v) is 13.8. The number of benzene rings is 3. The topological polar surface area (TPSA) is 127 Å². The maximum absolute atomic E-state index is 15.7. The molecule has 0 saturated heterocycles. The molecule has 0 radical (unpaired) electrons. The Labute approximate surface area is 296 Å². The van der Waals surface area contributed by atoms with Crippen molar-refractivity contribution >= 4 is 16.9 Å². The normalized spacial score (nSPS) is 19.6. The zero-order valence-electron chi connectivity index (χ0n) is 29.7. The molecule has 11 heteroatoms. The number of nitrogens with one attached hydrogen (secondary N) is 3. The predicted octanol–water partition coefficient (Wildman–Crippen LogP) is 8.47. The predicted molar refractivity (Wildman–Crippen MR) is 193 cm³/mol. The second kappa shape index (κ2) is 14.6. The molecule has 0 amide bonds. The average molecular weight is 698 g/mol. The molecular formula is C40H45F2N5O4. The van der Waals surface area contributed by atoms with E-state index in [0.717, 1.165) is 22.2 Å². The lowest BCUT2D eigenvalue weighted by Crippen LogP contribution is -2.34. The van der Waals surface area contributed by atoms with Gasteiger partial charge >= 0.3 is 5.97 Å². The largest absolute Gasteiger partial charge is 0.466 e. The number of nitrogens with zero attached hydrogens (tertiary/aromatic N) is 1. The minimum absolute atomic E-state index is 0.0114. The van der Waals surface area contributed by atoms with Gasteiger partial charge in [0.15, 0.2) is 11.6 Å². The third-order valence-corrected chi connectivity index (χ3v) is 9.84. The Hall–Kier alpha value is -5.16. The van der Waals surface area contributed by atoms with Gasteiger partial charge < -0.3 is 35.2 Å². The Kier molecular flexibility index (Phi) is 10.2. The highest BCUT2D eigenvalue weighted by atomic mass is 19.1. The van der Waals surface area contributed by atoms with Gasteiger partial charge in [-0.1, -0.05) is 31.2 Å². The van der Waals surface area contributed by atoms with Crippen LogP contribution in [0.3, 0.4) is 0 Å². The number of carbonyl (C=O) groups excluding carboxylic acids is 1. The Balaban J connectivity index is 1.43. The first-order chi connectivity index (χ1) is 24.4. The van der Waals surface area contributed by atoms with Crippen LogP contribution in [-0.4, -0.2) is 39.7 Å². The fourth-order valence-electron chi connectivity index (χ4n) is 6.60. The molecule has 5 aromatic rings. The van der Waals surface area contributed by atoms with Crippen molar-refractivity contribution in [3.05, 3.63) is 113 Å². The zero-order valence-corrected chi connectivity index (χ0v) is 29.7. The van der Waals surface area contributed by atoms with Crippen LogP contribution in [0.15, 0.2) is 78.9 Å². The van der Waals surface area contributed by atoms with Crippen LogP contribution in [0, 0.1) is 11.6 Å². The Morgan fingerprint density at radius 2 is 1.92 bits per heavy atom. The highest BCUT2D eigenvalue weighted by Crippen LogP contribution is 2.40. The van der Waals surface area contributed by atoms with E-state index < -0.39 is 22.7 Å². The quantitative estimate of drug-likeness (QED) is 0.136. The zero-order chi connectivity index (χ0) is 36.3. The maximum Gasteiger partial charge on any atom is 0.306 e. The van der Waals surface area contributed by atoms with Crippen molar-refractivity contribution in [2.75, 3.05) is 13.2 Å². The van der Waals surface area contributed by atoms with Crippen LogP contribution in [-0.2, 0) is 26.2 Å². The molecule has 0 spiro atoms. The fraction of sp³-hybridized carbons (Fsp3) is 0.350. The summed E-state index contributed by atoms with van der Waals surface area (Å²) in [6.07, 6.45) is 6.71. The van der Waals surface area contributed by atoms with Crippen LogP contribution < -0.4 is 15.8 Å². The molecule has 0 fully saturated rings. The number of carbonyl (C=O) groups is 1. The molecule has 5 N–H and O–H groups in total. The number of halogens is 2. The maximum atomic E-state index is 15.7. The van der Waals surface area contributed by atoms with E-state index in [1.54, 1.807) is 25.5 Å². The summed E-state index contributed by atoms with van der Waals surface area (Å²) in [7, 11) is 0. The number of aromatic amines is 2. The number of hydrogen-bond acceptors (Lipinski definition) is 7. The van der Waals surface area contributed by atoms with Gasteiger partial charge in [-0.25, -0.2) is 13.8 Å². The lowest BCUT2D eigenvalue weighted by molar-refractivity contribution is -0.143. The van der Waals surface area contributed by atoms with Gasteiger partial charge in [-0.15, -0.1) is 0 Å². The summed E-state index contributed by atoms with van der Waals surface area (Å²) in [5.41, 5.74) is 9.71. The van der Waals surface area contributed by atoms with Crippen LogP contribution in [0.4, 0.5) is 8.78 Å². The molecule has 1 aliphatic rings. The van der Waals surface area contributed by atoms with Gasteiger partial charge in [0.2, 0.25) is 0 Å². The van der Waals surface area contributed by atoms with E-state index >= 15 is 8.78 Å². The van der Waals surface area contributed by atoms with Gasteiger partial charge in [0, 0.05) is 65.4 Å². The van der Waals surface area contributed by atoms with Gasteiger partial charge in [-0.3, -0.25) is 4.79 Å². The Bertz CT molecular complexity index is 2070. The average Bonchev–Trinajstić information content (AvgIpc) is 3.79. The minimum Gasteiger partial charge on any atom is -0.466 e. The molecule has 4 bridgehead atoms. The monoisotopic (exact) mass is 697 g/mol. The second-order valence-electron chi connectivity index (χ2n) is 13.8. The Morgan fingerprint density at radius 1 is 1.10 bits per heavy atom. The van der Waals surface area contributed by atoms with E-state index in [4.69, 9.17) is 19.9 Å². The smallest absolute Gasteiger partial charge is 0.306 e. The number of ether oxygens (including phenoxy) is 3. The molecule has 2 atom stereocenters. The van der Waals surface area contributed by atoms with Crippen LogP contribution in [0.25, 0.3) is 22.3 Å². The van der Waals surface area contributed by atoms with E-state index in [1.165, 1.54) is 24.3 Å².